The van der Waals surface area contributed by atoms with Crippen molar-refractivity contribution in [3.63, 3.8) is 0 Å². The van der Waals surface area contributed by atoms with Gasteiger partial charge in [-0.1, -0.05) is 29.8 Å². The van der Waals surface area contributed by atoms with Gasteiger partial charge in [0.25, 0.3) is 0 Å². The smallest absolute Gasteiger partial charge is 0.410 e. The highest BCUT2D eigenvalue weighted by Crippen LogP contribution is 2.31. The zero-order chi connectivity index (χ0) is 19.6. The summed E-state index contributed by atoms with van der Waals surface area (Å²) in [5.41, 5.74) is 1.88. The number of amides is 2. The van der Waals surface area contributed by atoms with Crippen molar-refractivity contribution in [2.45, 2.75) is 71.6 Å². The minimum Gasteiger partial charge on any atom is -0.444 e. The second kappa shape index (κ2) is 7.91. The maximum Gasteiger partial charge on any atom is 0.410 e. The maximum atomic E-state index is 13.3. The Morgan fingerprint density at radius 2 is 1.81 bits per heavy atom. The van der Waals surface area contributed by atoms with Gasteiger partial charge in [0.05, 0.1) is 5.92 Å². The Kier molecular flexibility index (Phi) is 5.78. The Bertz CT molecular complexity index is 674. The molecule has 1 saturated heterocycles. The lowest BCUT2D eigenvalue weighted by atomic mass is 9.96. The minimum atomic E-state index is -0.514. The first-order chi connectivity index (χ1) is 12.7. The van der Waals surface area contributed by atoms with E-state index >= 15 is 0 Å². The summed E-state index contributed by atoms with van der Waals surface area (Å²) in [5, 5.41) is 0. The van der Waals surface area contributed by atoms with Crippen molar-refractivity contribution in [3.8, 4) is 0 Å². The molecule has 5 nitrogen and oxygen atoms in total. The average Bonchev–Trinajstić information content (AvgIpc) is 3.44. The third-order valence-electron chi connectivity index (χ3n) is 5.17. The van der Waals surface area contributed by atoms with Crippen LogP contribution in [-0.2, 0) is 16.1 Å². The highest BCUT2D eigenvalue weighted by molar-refractivity contribution is 5.80. The number of aryl methyl sites for hydroxylation is 1. The number of rotatable bonds is 4. The van der Waals surface area contributed by atoms with E-state index in [1.54, 1.807) is 4.90 Å². The number of hydrogen-bond donors (Lipinski definition) is 0. The molecule has 1 aliphatic heterocycles. The van der Waals surface area contributed by atoms with Gasteiger partial charge in [-0.25, -0.2) is 4.79 Å². The van der Waals surface area contributed by atoms with Gasteiger partial charge in [0, 0.05) is 25.7 Å². The molecule has 0 unspecified atom stereocenters. The zero-order valence-electron chi connectivity index (χ0n) is 17.0. The molecular weight excluding hydrogens is 340 g/mol. The van der Waals surface area contributed by atoms with E-state index in [1.807, 2.05) is 25.7 Å². The van der Waals surface area contributed by atoms with Crippen LogP contribution in [0.15, 0.2) is 24.3 Å². The number of ether oxygens (including phenoxy) is 1. The van der Waals surface area contributed by atoms with Gasteiger partial charge in [-0.3, -0.25) is 4.79 Å². The van der Waals surface area contributed by atoms with Crippen molar-refractivity contribution in [2.24, 2.45) is 5.92 Å². The molecule has 5 heteroatoms. The topological polar surface area (TPSA) is 49.9 Å². The lowest BCUT2D eigenvalue weighted by Gasteiger charge is -2.36. The first kappa shape index (κ1) is 19.7. The van der Waals surface area contributed by atoms with Gasteiger partial charge < -0.3 is 14.5 Å². The van der Waals surface area contributed by atoms with Crippen LogP contribution in [0.3, 0.4) is 0 Å². The molecule has 148 valence electrons. The highest BCUT2D eigenvalue weighted by Gasteiger charge is 2.38. The predicted octanol–water partition coefficient (Wildman–Crippen LogP) is 4.13. The van der Waals surface area contributed by atoms with Crippen LogP contribution in [0.25, 0.3) is 0 Å². The van der Waals surface area contributed by atoms with E-state index in [-0.39, 0.29) is 17.9 Å². The molecule has 27 heavy (non-hydrogen) atoms. The maximum absolute atomic E-state index is 13.3. The predicted molar refractivity (Wildman–Crippen MR) is 105 cm³/mol. The fourth-order valence-electron chi connectivity index (χ4n) is 3.57. The van der Waals surface area contributed by atoms with Crippen molar-refractivity contribution < 1.29 is 14.3 Å². The molecule has 2 aliphatic rings. The minimum absolute atomic E-state index is 0.127. The molecule has 1 saturated carbocycles. The van der Waals surface area contributed by atoms with Crippen molar-refractivity contribution in [1.29, 1.82) is 0 Å². The van der Waals surface area contributed by atoms with Crippen LogP contribution in [0.4, 0.5) is 4.79 Å². The van der Waals surface area contributed by atoms with E-state index in [0.29, 0.717) is 25.7 Å². The molecule has 1 atom stereocenters. The fraction of sp³-hybridized carbons (Fsp3) is 0.636. The molecular formula is C22H32N2O3. The molecule has 2 fully saturated rings. The molecule has 2 amide bonds. The molecule has 3 rings (SSSR count). The first-order valence-corrected chi connectivity index (χ1v) is 10.1. The number of benzene rings is 1. The van der Waals surface area contributed by atoms with Crippen LogP contribution in [-0.4, -0.2) is 46.5 Å². The molecule has 0 spiro atoms. The number of carbonyl (C=O) groups is 2. The largest absolute Gasteiger partial charge is 0.444 e. The van der Waals surface area contributed by atoms with Crippen LogP contribution in [0.5, 0.6) is 0 Å². The van der Waals surface area contributed by atoms with E-state index in [4.69, 9.17) is 4.74 Å². The second-order valence-corrected chi connectivity index (χ2v) is 8.95. The summed E-state index contributed by atoms with van der Waals surface area (Å²) in [7, 11) is 0. The van der Waals surface area contributed by atoms with Gasteiger partial charge in [0.1, 0.15) is 5.60 Å². The Balaban J connectivity index is 1.65. The lowest BCUT2D eigenvalue weighted by Crippen LogP contribution is -2.48. The first-order valence-electron chi connectivity index (χ1n) is 10.1. The lowest BCUT2D eigenvalue weighted by molar-refractivity contribution is -0.138. The number of likely N-dealkylation sites (tertiary alicyclic amines) is 1. The number of hydrogen-bond acceptors (Lipinski definition) is 3. The third kappa shape index (κ3) is 5.47. The van der Waals surface area contributed by atoms with E-state index < -0.39 is 5.60 Å². The van der Waals surface area contributed by atoms with Crippen LogP contribution in [0.2, 0.25) is 0 Å². The number of nitrogens with zero attached hydrogens (tertiary/aromatic N) is 2. The van der Waals surface area contributed by atoms with E-state index in [2.05, 4.69) is 31.2 Å². The third-order valence-corrected chi connectivity index (χ3v) is 5.17. The van der Waals surface area contributed by atoms with E-state index in [0.717, 1.165) is 25.7 Å². The Hall–Kier alpha value is -2.04. The zero-order valence-corrected chi connectivity index (χ0v) is 17.0. The van der Waals surface area contributed by atoms with Gasteiger partial charge in [0.2, 0.25) is 5.91 Å². The Morgan fingerprint density at radius 1 is 1.15 bits per heavy atom. The molecule has 1 heterocycles. The molecule has 1 aromatic carbocycles. The summed E-state index contributed by atoms with van der Waals surface area (Å²) in [6.45, 7) is 9.47. The number of piperidine rings is 1. The standard InChI is InChI=1S/C22H32N2O3/c1-16-7-9-17(10-8-16)14-24(19-11-12-19)20(25)18-6-5-13-23(15-18)21(26)27-22(2,3)4/h7-10,18-19H,5-6,11-15H2,1-4H3/t18-/m0/s1. The summed E-state index contributed by atoms with van der Waals surface area (Å²) >= 11 is 0. The van der Waals surface area contributed by atoms with Gasteiger partial charge in [-0.05, 0) is 58.9 Å². The molecule has 0 bridgehead atoms. The fourth-order valence-corrected chi connectivity index (χ4v) is 3.57. The van der Waals surface area contributed by atoms with Crippen LogP contribution in [0, 0.1) is 12.8 Å². The molecule has 0 N–H and O–H groups in total. The van der Waals surface area contributed by atoms with Crippen LogP contribution in [0.1, 0.15) is 57.6 Å². The molecule has 0 aromatic heterocycles. The average molecular weight is 373 g/mol. The Morgan fingerprint density at radius 3 is 2.41 bits per heavy atom. The van der Waals surface area contributed by atoms with Gasteiger partial charge >= 0.3 is 6.09 Å². The quantitative estimate of drug-likeness (QED) is 0.798. The second-order valence-electron chi connectivity index (χ2n) is 8.95. The summed E-state index contributed by atoms with van der Waals surface area (Å²) in [4.78, 5) is 29.4. The van der Waals surface area contributed by atoms with E-state index in [1.165, 1.54) is 11.1 Å². The molecule has 0 radical (unpaired) electrons. The van der Waals surface area contributed by atoms with E-state index in [9.17, 15) is 9.59 Å². The monoisotopic (exact) mass is 372 g/mol. The Labute approximate surface area is 162 Å². The summed E-state index contributed by atoms with van der Waals surface area (Å²) in [5.74, 6) is 0.0589. The molecule has 1 aromatic rings. The SMILES string of the molecule is Cc1ccc(CN(C(=O)[C@H]2CCCN(C(=O)OC(C)(C)C)C2)C2CC2)cc1. The summed E-state index contributed by atoms with van der Waals surface area (Å²) in [6.07, 6.45) is 3.55. The van der Waals surface area contributed by atoms with Crippen molar-refractivity contribution in [1.82, 2.24) is 9.80 Å². The van der Waals surface area contributed by atoms with Gasteiger partial charge in [-0.15, -0.1) is 0 Å². The van der Waals surface area contributed by atoms with Crippen LogP contribution >= 0.6 is 0 Å². The van der Waals surface area contributed by atoms with Crippen molar-refractivity contribution in [2.75, 3.05) is 13.1 Å². The van der Waals surface area contributed by atoms with Gasteiger partial charge in [0.15, 0.2) is 0 Å². The van der Waals surface area contributed by atoms with Crippen LogP contribution < -0.4 is 0 Å². The summed E-state index contributed by atoms with van der Waals surface area (Å²) in [6, 6.07) is 8.75. The van der Waals surface area contributed by atoms with Gasteiger partial charge in [-0.2, -0.15) is 0 Å². The highest BCUT2D eigenvalue weighted by atomic mass is 16.6. The number of carbonyl (C=O) groups excluding carboxylic acids is 2. The summed E-state index contributed by atoms with van der Waals surface area (Å²) < 4.78 is 5.49. The molecule has 1 aliphatic carbocycles. The normalized spacial score (nSPS) is 20.3. The van der Waals surface area contributed by atoms with Crippen molar-refractivity contribution in [3.05, 3.63) is 35.4 Å². The van der Waals surface area contributed by atoms with Crippen molar-refractivity contribution >= 4 is 12.0 Å².